The zero-order valence-electron chi connectivity index (χ0n) is 11.9. The summed E-state index contributed by atoms with van der Waals surface area (Å²) in [5.74, 6) is 0. The average Bonchev–Trinajstić information content (AvgIpc) is 2.95. The number of benzene rings is 2. The van der Waals surface area contributed by atoms with Crippen LogP contribution in [0.1, 0.15) is 18.1 Å². The van der Waals surface area contributed by atoms with Gasteiger partial charge in [0.05, 0.1) is 4.90 Å². The summed E-state index contributed by atoms with van der Waals surface area (Å²) in [6, 6.07) is 12.7. The second kappa shape index (κ2) is 5.41. The van der Waals surface area contributed by atoms with Gasteiger partial charge in [0.15, 0.2) is 0 Å². The van der Waals surface area contributed by atoms with Crippen LogP contribution < -0.4 is 10.0 Å². The lowest BCUT2D eigenvalue weighted by atomic mass is 10.2. The van der Waals surface area contributed by atoms with Gasteiger partial charge in [0, 0.05) is 17.9 Å². The molecule has 0 amide bonds. The van der Waals surface area contributed by atoms with Gasteiger partial charge in [0.1, 0.15) is 0 Å². The van der Waals surface area contributed by atoms with Crippen molar-refractivity contribution in [3.63, 3.8) is 0 Å². The molecule has 0 atom stereocenters. The fourth-order valence-corrected chi connectivity index (χ4v) is 3.54. The van der Waals surface area contributed by atoms with Crippen LogP contribution in [0.15, 0.2) is 47.4 Å². The number of rotatable bonds is 4. The van der Waals surface area contributed by atoms with Crippen molar-refractivity contribution in [3.8, 4) is 0 Å². The summed E-state index contributed by atoms with van der Waals surface area (Å²) in [5.41, 5.74) is 3.85. The highest BCUT2D eigenvalue weighted by molar-refractivity contribution is 7.92. The first-order chi connectivity index (χ1) is 10.1. The largest absolute Gasteiger partial charge is 0.384 e. The number of hydrogen-bond acceptors (Lipinski definition) is 3. The molecule has 110 valence electrons. The third-order valence-corrected chi connectivity index (χ3v) is 5.09. The summed E-state index contributed by atoms with van der Waals surface area (Å²) in [6.45, 7) is 2.93. The highest BCUT2D eigenvalue weighted by Gasteiger charge is 2.18. The Kier molecular flexibility index (Phi) is 3.59. The Bertz CT molecular complexity index is 752. The van der Waals surface area contributed by atoms with E-state index in [1.807, 2.05) is 18.2 Å². The van der Waals surface area contributed by atoms with Crippen LogP contribution in [0, 0.1) is 0 Å². The first-order valence-electron chi connectivity index (χ1n) is 7.07. The van der Waals surface area contributed by atoms with Crippen molar-refractivity contribution in [1.82, 2.24) is 0 Å². The Morgan fingerprint density at radius 2 is 1.90 bits per heavy atom. The van der Waals surface area contributed by atoms with Crippen LogP contribution in [-0.2, 0) is 22.9 Å². The van der Waals surface area contributed by atoms with Gasteiger partial charge in [-0.25, -0.2) is 8.42 Å². The molecule has 0 spiro atoms. The first kappa shape index (κ1) is 13.9. The van der Waals surface area contributed by atoms with Gasteiger partial charge in [-0.2, -0.15) is 0 Å². The van der Waals surface area contributed by atoms with Crippen LogP contribution in [0.25, 0.3) is 0 Å². The normalized spacial score (nSPS) is 13.6. The van der Waals surface area contributed by atoms with Crippen molar-refractivity contribution in [1.29, 1.82) is 0 Å². The Balaban J connectivity index is 1.86. The van der Waals surface area contributed by atoms with E-state index in [4.69, 9.17) is 0 Å². The van der Waals surface area contributed by atoms with Gasteiger partial charge >= 0.3 is 0 Å². The van der Waals surface area contributed by atoms with Gasteiger partial charge in [0.2, 0.25) is 0 Å². The molecule has 1 aliphatic heterocycles. The lowest BCUT2D eigenvalue weighted by Gasteiger charge is -2.10. The molecule has 1 aliphatic rings. The maximum absolute atomic E-state index is 12.4. The highest BCUT2D eigenvalue weighted by Crippen LogP contribution is 2.26. The van der Waals surface area contributed by atoms with Crippen LogP contribution >= 0.6 is 0 Å². The van der Waals surface area contributed by atoms with Crippen molar-refractivity contribution >= 4 is 21.4 Å². The van der Waals surface area contributed by atoms with E-state index in [0.29, 0.717) is 5.69 Å². The molecule has 21 heavy (non-hydrogen) atoms. The molecule has 2 aromatic rings. The highest BCUT2D eigenvalue weighted by atomic mass is 32.2. The molecule has 2 aromatic carbocycles. The molecular weight excluding hydrogens is 284 g/mol. The van der Waals surface area contributed by atoms with Crippen molar-refractivity contribution < 1.29 is 8.42 Å². The van der Waals surface area contributed by atoms with E-state index < -0.39 is 10.0 Å². The maximum atomic E-state index is 12.4. The molecule has 2 N–H and O–H groups in total. The van der Waals surface area contributed by atoms with Crippen LogP contribution in [0.5, 0.6) is 0 Å². The molecule has 4 nitrogen and oxygen atoms in total. The van der Waals surface area contributed by atoms with E-state index in [9.17, 15) is 8.42 Å². The molecule has 0 aromatic heterocycles. The monoisotopic (exact) mass is 302 g/mol. The molecule has 0 unspecified atom stereocenters. The number of fused-ring (bicyclic) bond motifs is 1. The predicted molar refractivity (Wildman–Crippen MR) is 85.3 cm³/mol. The second-order valence-corrected chi connectivity index (χ2v) is 6.83. The lowest BCUT2D eigenvalue weighted by Crippen LogP contribution is -2.13. The van der Waals surface area contributed by atoms with Crippen molar-refractivity contribution in [2.45, 2.75) is 24.7 Å². The summed E-state index contributed by atoms with van der Waals surface area (Å²) in [4.78, 5) is 0.287. The quantitative estimate of drug-likeness (QED) is 0.912. The maximum Gasteiger partial charge on any atom is 0.261 e. The van der Waals surface area contributed by atoms with E-state index in [0.717, 1.165) is 25.1 Å². The third-order valence-electron chi connectivity index (χ3n) is 3.72. The van der Waals surface area contributed by atoms with Crippen molar-refractivity contribution in [3.05, 3.63) is 53.6 Å². The number of hydrogen-bond donors (Lipinski definition) is 2. The molecule has 0 radical (unpaired) electrons. The topological polar surface area (TPSA) is 58.2 Å². The van der Waals surface area contributed by atoms with Gasteiger partial charge in [-0.05, 0) is 48.2 Å². The van der Waals surface area contributed by atoms with E-state index in [2.05, 4.69) is 17.0 Å². The Morgan fingerprint density at radius 3 is 2.62 bits per heavy atom. The zero-order valence-corrected chi connectivity index (χ0v) is 12.7. The molecule has 3 rings (SSSR count). The first-order valence-corrected chi connectivity index (χ1v) is 8.55. The molecule has 0 aliphatic carbocycles. The summed E-state index contributed by atoms with van der Waals surface area (Å²) < 4.78 is 27.5. The van der Waals surface area contributed by atoms with Crippen LogP contribution in [0.3, 0.4) is 0 Å². The minimum absolute atomic E-state index is 0.287. The van der Waals surface area contributed by atoms with Gasteiger partial charge in [-0.1, -0.05) is 25.1 Å². The standard InChI is InChI=1S/C16H18N2O2S/c1-2-12-3-6-14(7-4-12)18-21(19,20)15-8-5-13-9-10-17-16(13)11-15/h3-8,11,17-18H,2,9-10H2,1H3. The molecular formula is C16H18N2O2S. The minimum atomic E-state index is -3.54. The number of nitrogens with one attached hydrogen (secondary N) is 2. The summed E-state index contributed by atoms with van der Waals surface area (Å²) in [6.07, 6.45) is 1.88. The Morgan fingerprint density at radius 1 is 1.14 bits per heavy atom. The van der Waals surface area contributed by atoms with E-state index in [1.54, 1.807) is 24.3 Å². The average molecular weight is 302 g/mol. The molecule has 5 heteroatoms. The fraction of sp³-hybridized carbons (Fsp3) is 0.250. The fourth-order valence-electron chi connectivity index (χ4n) is 2.46. The lowest BCUT2D eigenvalue weighted by molar-refractivity contribution is 0.601. The molecule has 1 heterocycles. The minimum Gasteiger partial charge on any atom is -0.384 e. The zero-order chi connectivity index (χ0) is 14.9. The molecule has 0 bridgehead atoms. The van der Waals surface area contributed by atoms with E-state index in [1.165, 1.54) is 11.1 Å². The molecule has 0 fully saturated rings. The van der Waals surface area contributed by atoms with Gasteiger partial charge in [0.25, 0.3) is 10.0 Å². The Hall–Kier alpha value is -2.01. The van der Waals surface area contributed by atoms with E-state index >= 15 is 0 Å². The number of sulfonamides is 1. The van der Waals surface area contributed by atoms with Crippen molar-refractivity contribution in [2.24, 2.45) is 0 Å². The molecule has 0 saturated heterocycles. The van der Waals surface area contributed by atoms with Crippen LogP contribution in [0.2, 0.25) is 0 Å². The number of aryl methyl sites for hydroxylation is 1. The third kappa shape index (κ3) is 2.88. The van der Waals surface area contributed by atoms with Crippen LogP contribution in [-0.4, -0.2) is 15.0 Å². The van der Waals surface area contributed by atoms with Gasteiger partial charge in [-0.15, -0.1) is 0 Å². The van der Waals surface area contributed by atoms with Crippen LogP contribution in [0.4, 0.5) is 11.4 Å². The number of anilines is 2. The summed E-state index contributed by atoms with van der Waals surface area (Å²) in [7, 11) is -3.54. The SMILES string of the molecule is CCc1ccc(NS(=O)(=O)c2ccc3c(c2)NCC3)cc1. The summed E-state index contributed by atoms with van der Waals surface area (Å²) in [5, 5.41) is 3.20. The van der Waals surface area contributed by atoms with E-state index in [-0.39, 0.29) is 4.90 Å². The Labute approximate surface area is 125 Å². The second-order valence-electron chi connectivity index (χ2n) is 5.15. The predicted octanol–water partition coefficient (Wildman–Crippen LogP) is 3.02. The van der Waals surface area contributed by atoms with Gasteiger partial charge < -0.3 is 5.32 Å². The molecule has 0 saturated carbocycles. The van der Waals surface area contributed by atoms with Gasteiger partial charge in [-0.3, -0.25) is 4.72 Å². The smallest absolute Gasteiger partial charge is 0.261 e. The van der Waals surface area contributed by atoms with Crippen molar-refractivity contribution in [2.75, 3.05) is 16.6 Å². The summed E-state index contributed by atoms with van der Waals surface area (Å²) >= 11 is 0.